The van der Waals surface area contributed by atoms with E-state index in [1.165, 1.54) is 25.7 Å². The average Bonchev–Trinajstić information content (AvgIpc) is 2.20. The monoisotopic (exact) mass is 206 g/mol. The fraction of sp³-hybridized carbons (Fsp3) is 0.500. The lowest BCUT2D eigenvalue weighted by Gasteiger charge is -1.92. The highest BCUT2D eigenvalue weighted by molar-refractivity contribution is 5.87. The van der Waals surface area contributed by atoms with E-state index < -0.39 is 0 Å². The first kappa shape index (κ1) is 13.9. The molecule has 0 amide bonds. The Kier molecular flexibility index (Phi) is 10.2. The molecule has 0 aromatic heterocycles. The maximum Gasteiger partial charge on any atom is 0.152 e. The molecule has 0 saturated heterocycles. The van der Waals surface area contributed by atoms with Crippen molar-refractivity contribution in [2.24, 2.45) is 0 Å². The zero-order valence-electron chi connectivity index (χ0n) is 9.91. The van der Waals surface area contributed by atoms with E-state index in [0.717, 1.165) is 6.42 Å². The van der Waals surface area contributed by atoms with E-state index >= 15 is 0 Å². The van der Waals surface area contributed by atoms with Gasteiger partial charge in [-0.1, -0.05) is 56.6 Å². The molecule has 0 fully saturated rings. The van der Waals surface area contributed by atoms with Crippen LogP contribution in [0.5, 0.6) is 0 Å². The number of rotatable bonds is 8. The Bertz CT molecular complexity index is 234. The number of allylic oxidation sites excluding steroid dienone is 6. The number of carbonyl (C=O) groups excluding carboxylic acids is 1. The van der Waals surface area contributed by atoms with Crippen LogP contribution in [0.2, 0.25) is 0 Å². The van der Waals surface area contributed by atoms with Gasteiger partial charge in [0.1, 0.15) is 0 Å². The number of ketones is 1. The van der Waals surface area contributed by atoms with E-state index in [2.05, 4.69) is 13.0 Å². The van der Waals surface area contributed by atoms with Crippen LogP contribution < -0.4 is 0 Å². The molecule has 1 heteroatoms. The van der Waals surface area contributed by atoms with Gasteiger partial charge < -0.3 is 0 Å². The van der Waals surface area contributed by atoms with Crippen molar-refractivity contribution in [1.29, 1.82) is 0 Å². The van der Waals surface area contributed by atoms with Crippen molar-refractivity contribution >= 4 is 5.78 Å². The third kappa shape index (κ3) is 12.9. The molecule has 0 N–H and O–H groups in total. The molecule has 84 valence electrons. The third-order valence-corrected chi connectivity index (χ3v) is 2.02. The van der Waals surface area contributed by atoms with E-state index in [1.54, 1.807) is 19.1 Å². The van der Waals surface area contributed by atoms with Crippen molar-refractivity contribution in [3.05, 3.63) is 36.5 Å². The molecule has 0 aliphatic heterocycles. The second-order valence-electron chi connectivity index (χ2n) is 3.63. The molecule has 0 atom stereocenters. The van der Waals surface area contributed by atoms with Crippen molar-refractivity contribution in [2.75, 3.05) is 0 Å². The molecular formula is C14H22O. The quantitative estimate of drug-likeness (QED) is 0.330. The zero-order chi connectivity index (χ0) is 11.4. The van der Waals surface area contributed by atoms with E-state index in [1.807, 2.05) is 18.2 Å². The number of unbranched alkanes of at least 4 members (excludes halogenated alkanes) is 4. The van der Waals surface area contributed by atoms with Crippen LogP contribution in [-0.4, -0.2) is 5.78 Å². The Morgan fingerprint density at radius 2 is 1.73 bits per heavy atom. The lowest BCUT2D eigenvalue weighted by atomic mass is 10.1. The van der Waals surface area contributed by atoms with Gasteiger partial charge in [0.2, 0.25) is 0 Å². The maximum absolute atomic E-state index is 10.5. The van der Waals surface area contributed by atoms with Crippen LogP contribution in [0.1, 0.15) is 46.0 Å². The first-order valence-electron chi connectivity index (χ1n) is 5.77. The molecule has 0 heterocycles. The molecular weight excluding hydrogens is 184 g/mol. The predicted molar refractivity (Wildman–Crippen MR) is 66.9 cm³/mol. The summed E-state index contributed by atoms with van der Waals surface area (Å²) in [5.74, 6) is 0.0863. The molecule has 0 aromatic carbocycles. The highest BCUT2D eigenvalue weighted by Gasteiger charge is 1.83. The van der Waals surface area contributed by atoms with Crippen molar-refractivity contribution in [3.8, 4) is 0 Å². The van der Waals surface area contributed by atoms with Gasteiger partial charge in [0, 0.05) is 0 Å². The van der Waals surface area contributed by atoms with Gasteiger partial charge in [-0.15, -0.1) is 0 Å². The molecule has 0 unspecified atom stereocenters. The summed E-state index contributed by atoms with van der Waals surface area (Å²) in [5.41, 5.74) is 0. The van der Waals surface area contributed by atoms with E-state index in [-0.39, 0.29) is 5.78 Å². The van der Waals surface area contributed by atoms with Crippen molar-refractivity contribution < 1.29 is 4.79 Å². The number of carbonyl (C=O) groups is 1. The summed E-state index contributed by atoms with van der Waals surface area (Å²) in [6.07, 6.45) is 17.8. The molecule has 0 rings (SSSR count). The second-order valence-corrected chi connectivity index (χ2v) is 3.63. The maximum atomic E-state index is 10.5. The van der Waals surface area contributed by atoms with Crippen LogP contribution >= 0.6 is 0 Å². The fourth-order valence-electron chi connectivity index (χ4n) is 1.18. The highest BCUT2D eigenvalue weighted by atomic mass is 16.1. The van der Waals surface area contributed by atoms with E-state index in [4.69, 9.17) is 0 Å². The van der Waals surface area contributed by atoms with Crippen LogP contribution in [0.25, 0.3) is 0 Å². The topological polar surface area (TPSA) is 17.1 Å². The first-order chi connectivity index (χ1) is 7.27. The lowest BCUT2D eigenvalue weighted by Crippen LogP contribution is -1.77. The smallest absolute Gasteiger partial charge is 0.152 e. The average molecular weight is 206 g/mol. The molecule has 0 aliphatic carbocycles. The van der Waals surface area contributed by atoms with Gasteiger partial charge >= 0.3 is 0 Å². The van der Waals surface area contributed by atoms with Gasteiger partial charge in [0.05, 0.1) is 0 Å². The largest absolute Gasteiger partial charge is 0.295 e. The Hall–Kier alpha value is -1.11. The number of hydrogen-bond donors (Lipinski definition) is 0. The molecule has 15 heavy (non-hydrogen) atoms. The minimum atomic E-state index is 0.0863. The molecule has 0 bridgehead atoms. The normalized spacial score (nSPS) is 12.1. The van der Waals surface area contributed by atoms with Gasteiger partial charge in [-0.25, -0.2) is 0 Å². The summed E-state index contributed by atoms with van der Waals surface area (Å²) in [4.78, 5) is 10.5. The van der Waals surface area contributed by atoms with Crippen LogP contribution in [0.3, 0.4) is 0 Å². The summed E-state index contributed by atoms with van der Waals surface area (Å²) in [5, 5.41) is 0. The molecule has 0 aliphatic rings. The number of hydrogen-bond acceptors (Lipinski definition) is 1. The van der Waals surface area contributed by atoms with Crippen LogP contribution in [0, 0.1) is 0 Å². The van der Waals surface area contributed by atoms with Gasteiger partial charge in [-0.05, 0) is 25.8 Å². The minimum Gasteiger partial charge on any atom is -0.295 e. The summed E-state index contributed by atoms with van der Waals surface area (Å²) in [6.45, 7) is 3.77. The Morgan fingerprint density at radius 3 is 2.40 bits per heavy atom. The van der Waals surface area contributed by atoms with E-state index in [0.29, 0.717) is 0 Å². The minimum absolute atomic E-state index is 0.0863. The second kappa shape index (κ2) is 11.0. The first-order valence-corrected chi connectivity index (χ1v) is 5.77. The Labute approximate surface area is 93.6 Å². The molecule has 0 spiro atoms. The lowest BCUT2D eigenvalue weighted by molar-refractivity contribution is -0.112. The summed E-state index contributed by atoms with van der Waals surface area (Å²) >= 11 is 0. The Morgan fingerprint density at radius 1 is 1.00 bits per heavy atom. The van der Waals surface area contributed by atoms with Crippen molar-refractivity contribution in [1.82, 2.24) is 0 Å². The molecule has 0 radical (unpaired) electrons. The third-order valence-electron chi connectivity index (χ3n) is 2.02. The van der Waals surface area contributed by atoms with Crippen molar-refractivity contribution in [2.45, 2.75) is 46.0 Å². The molecule has 1 nitrogen and oxygen atoms in total. The van der Waals surface area contributed by atoms with Crippen LogP contribution in [0.4, 0.5) is 0 Å². The summed E-state index contributed by atoms with van der Waals surface area (Å²) < 4.78 is 0. The van der Waals surface area contributed by atoms with Gasteiger partial charge in [0.15, 0.2) is 5.78 Å². The van der Waals surface area contributed by atoms with Gasteiger partial charge in [-0.3, -0.25) is 4.79 Å². The highest BCUT2D eigenvalue weighted by Crippen LogP contribution is 2.02. The molecule has 0 saturated carbocycles. The summed E-state index contributed by atoms with van der Waals surface area (Å²) in [6, 6.07) is 0. The van der Waals surface area contributed by atoms with Crippen molar-refractivity contribution in [3.63, 3.8) is 0 Å². The molecule has 0 aromatic rings. The van der Waals surface area contributed by atoms with E-state index in [9.17, 15) is 4.79 Å². The van der Waals surface area contributed by atoms with Gasteiger partial charge in [-0.2, -0.15) is 0 Å². The van der Waals surface area contributed by atoms with Gasteiger partial charge in [0.25, 0.3) is 0 Å². The Balaban J connectivity index is 3.41. The standard InChI is InChI=1S/C14H22O/c1-3-4-5-6-7-8-9-10-11-12-13-14(2)15/h8-13H,3-7H2,1-2H3. The van der Waals surface area contributed by atoms with Crippen LogP contribution in [0.15, 0.2) is 36.5 Å². The SMILES string of the molecule is CCCCCCC=CC=CC=CC(C)=O. The summed E-state index contributed by atoms with van der Waals surface area (Å²) in [7, 11) is 0. The van der Waals surface area contributed by atoms with Crippen LogP contribution in [-0.2, 0) is 4.79 Å². The fourth-order valence-corrected chi connectivity index (χ4v) is 1.18. The predicted octanol–water partition coefficient (Wildman–Crippen LogP) is 4.21. The zero-order valence-corrected chi connectivity index (χ0v) is 9.91.